The second-order valence-electron chi connectivity index (χ2n) is 8.31. The molecule has 2 N–H and O–H groups in total. The summed E-state index contributed by atoms with van der Waals surface area (Å²) in [5.41, 5.74) is 3.54. The minimum atomic E-state index is -0.391. The van der Waals surface area contributed by atoms with Gasteiger partial charge in [0.05, 0.1) is 5.92 Å². The van der Waals surface area contributed by atoms with Gasteiger partial charge in [-0.3, -0.25) is 14.4 Å². The molecule has 1 fully saturated rings. The van der Waals surface area contributed by atoms with Crippen molar-refractivity contribution in [1.29, 1.82) is 0 Å². The van der Waals surface area contributed by atoms with Crippen LogP contribution in [0.25, 0.3) is 0 Å². The molecule has 0 spiro atoms. The number of rotatable bonds is 8. The zero-order valence-electron chi connectivity index (χ0n) is 19.0. The van der Waals surface area contributed by atoms with Crippen LogP contribution in [-0.2, 0) is 20.9 Å². The van der Waals surface area contributed by atoms with Crippen LogP contribution in [0.4, 0.5) is 11.4 Å². The van der Waals surface area contributed by atoms with Gasteiger partial charge in [-0.1, -0.05) is 48.0 Å². The first-order chi connectivity index (χ1) is 16.5. The van der Waals surface area contributed by atoms with Gasteiger partial charge in [-0.25, -0.2) is 0 Å². The van der Waals surface area contributed by atoms with Crippen molar-refractivity contribution in [1.82, 2.24) is 5.32 Å². The fraction of sp³-hybridized carbons (Fsp3) is 0.222. The van der Waals surface area contributed by atoms with Crippen molar-refractivity contribution < 1.29 is 19.1 Å². The molecule has 174 valence electrons. The predicted molar refractivity (Wildman–Crippen MR) is 130 cm³/mol. The molecule has 0 saturated carbocycles. The van der Waals surface area contributed by atoms with Crippen molar-refractivity contribution in [2.75, 3.05) is 23.4 Å². The Morgan fingerprint density at radius 2 is 1.68 bits per heavy atom. The van der Waals surface area contributed by atoms with Gasteiger partial charge in [-0.15, -0.1) is 0 Å². The molecule has 3 amide bonds. The summed E-state index contributed by atoms with van der Waals surface area (Å²) in [7, 11) is 0. The van der Waals surface area contributed by atoms with Crippen LogP contribution in [-0.4, -0.2) is 30.9 Å². The van der Waals surface area contributed by atoms with Crippen molar-refractivity contribution in [2.24, 2.45) is 5.92 Å². The first-order valence-electron chi connectivity index (χ1n) is 11.2. The zero-order valence-corrected chi connectivity index (χ0v) is 19.0. The summed E-state index contributed by atoms with van der Waals surface area (Å²) in [5, 5.41) is 5.70. The van der Waals surface area contributed by atoms with Gasteiger partial charge >= 0.3 is 0 Å². The lowest BCUT2D eigenvalue weighted by molar-refractivity contribution is -0.126. The molecule has 4 rings (SSSR count). The summed E-state index contributed by atoms with van der Waals surface area (Å²) in [4.78, 5) is 38.8. The van der Waals surface area contributed by atoms with Crippen molar-refractivity contribution in [3.63, 3.8) is 0 Å². The molecule has 1 saturated heterocycles. The van der Waals surface area contributed by atoms with E-state index in [4.69, 9.17) is 4.74 Å². The quantitative estimate of drug-likeness (QED) is 0.540. The number of ether oxygens (including phenoxy) is 1. The lowest BCUT2D eigenvalue weighted by Crippen LogP contribution is -2.32. The summed E-state index contributed by atoms with van der Waals surface area (Å²) in [5.74, 6) is -0.346. The van der Waals surface area contributed by atoms with Crippen molar-refractivity contribution in [3.8, 4) is 5.75 Å². The van der Waals surface area contributed by atoms with Gasteiger partial charge in [0, 0.05) is 30.9 Å². The molecular weight excluding hydrogens is 430 g/mol. The smallest absolute Gasteiger partial charge is 0.262 e. The van der Waals surface area contributed by atoms with Crippen molar-refractivity contribution in [3.05, 3.63) is 90.0 Å². The number of anilines is 2. The fourth-order valence-corrected chi connectivity index (χ4v) is 3.77. The molecule has 1 heterocycles. The summed E-state index contributed by atoms with van der Waals surface area (Å²) >= 11 is 0. The van der Waals surface area contributed by atoms with Crippen molar-refractivity contribution in [2.45, 2.75) is 19.9 Å². The Balaban J connectivity index is 1.26. The van der Waals surface area contributed by atoms with Crippen LogP contribution < -0.4 is 20.3 Å². The van der Waals surface area contributed by atoms with E-state index in [2.05, 4.69) is 10.6 Å². The molecular formula is C27H27N3O4. The summed E-state index contributed by atoms with van der Waals surface area (Å²) in [6, 6.07) is 24.1. The van der Waals surface area contributed by atoms with Crippen LogP contribution in [0.5, 0.6) is 5.75 Å². The largest absolute Gasteiger partial charge is 0.484 e. The second kappa shape index (κ2) is 10.7. The highest BCUT2D eigenvalue weighted by Gasteiger charge is 2.35. The maximum Gasteiger partial charge on any atom is 0.262 e. The molecule has 0 radical (unpaired) electrons. The molecule has 0 bridgehead atoms. The minimum absolute atomic E-state index is 0.0917. The number of hydrogen-bond donors (Lipinski definition) is 2. The second-order valence-corrected chi connectivity index (χ2v) is 8.31. The first-order valence-corrected chi connectivity index (χ1v) is 11.2. The highest BCUT2D eigenvalue weighted by molar-refractivity contribution is 6.00. The Hall–Kier alpha value is -4.13. The van der Waals surface area contributed by atoms with Gasteiger partial charge in [-0.05, 0) is 48.9 Å². The van der Waals surface area contributed by atoms with Crippen LogP contribution in [0.1, 0.15) is 17.5 Å². The highest BCUT2D eigenvalue weighted by atomic mass is 16.5. The van der Waals surface area contributed by atoms with E-state index in [-0.39, 0.29) is 30.7 Å². The molecule has 0 aromatic heterocycles. The van der Waals surface area contributed by atoms with E-state index in [1.165, 1.54) is 0 Å². The zero-order chi connectivity index (χ0) is 23.9. The van der Waals surface area contributed by atoms with E-state index in [1.807, 2.05) is 61.5 Å². The molecule has 0 aliphatic carbocycles. The van der Waals surface area contributed by atoms with Gasteiger partial charge in [0.15, 0.2) is 6.61 Å². The maximum absolute atomic E-state index is 12.5. The van der Waals surface area contributed by atoms with Gasteiger partial charge in [0.25, 0.3) is 5.91 Å². The Labute approximate surface area is 198 Å². The third-order valence-corrected chi connectivity index (χ3v) is 5.66. The molecule has 7 heteroatoms. The Bertz CT molecular complexity index is 1140. The maximum atomic E-state index is 12.5. The number of nitrogens with one attached hydrogen (secondary N) is 2. The third kappa shape index (κ3) is 6.01. The monoisotopic (exact) mass is 457 g/mol. The van der Waals surface area contributed by atoms with E-state index in [0.29, 0.717) is 30.2 Å². The number of amides is 3. The van der Waals surface area contributed by atoms with Gasteiger partial charge in [0.1, 0.15) is 5.75 Å². The predicted octanol–water partition coefficient (Wildman–Crippen LogP) is 3.68. The topological polar surface area (TPSA) is 87.7 Å². The standard InChI is InChI=1S/C27H27N3O4/c1-19-7-9-22(10-8-19)29-25(31)18-34-24-13-11-23(12-14-24)30-17-21(15-26(30)32)27(33)28-16-20-5-3-2-4-6-20/h2-14,21H,15-18H2,1H3,(H,28,33)(H,29,31)/t21-/m0/s1. The van der Waals surface area contributed by atoms with E-state index in [1.54, 1.807) is 29.2 Å². The molecule has 7 nitrogen and oxygen atoms in total. The van der Waals surface area contributed by atoms with Gasteiger partial charge in [-0.2, -0.15) is 0 Å². The number of carbonyl (C=O) groups excluding carboxylic acids is 3. The average Bonchev–Trinajstić information content (AvgIpc) is 3.25. The SMILES string of the molecule is Cc1ccc(NC(=O)COc2ccc(N3C[C@@H](C(=O)NCc4ccccc4)CC3=O)cc2)cc1. The van der Waals surface area contributed by atoms with E-state index < -0.39 is 5.92 Å². The molecule has 0 unspecified atom stereocenters. The molecule has 1 aliphatic rings. The van der Waals surface area contributed by atoms with Crippen LogP contribution >= 0.6 is 0 Å². The fourth-order valence-electron chi connectivity index (χ4n) is 3.77. The van der Waals surface area contributed by atoms with Crippen LogP contribution in [0, 0.1) is 12.8 Å². The Kier molecular flexibility index (Phi) is 7.22. The molecule has 1 aliphatic heterocycles. The van der Waals surface area contributed by atoms with Crippen molar-refractivity contribution >= 4 is 29.1 Å². The lowest BCUT2D eigenvalue weighted by Gasteiger charge is -2.17. The Morgan fingerprint density at radius 1 is 0.971 bits per heavy atom. The average molecular weight is 458 g/mol. The minimum Gasteiger partial charge on any atom is -0.484 e. The normalized spacial score (nSPS) is 15.1. The van der Waals surface area contributed by atoms with Crippen LogP contribution in [0.3, 0.4) is 0 Å². The molecule has 3 aromatic rings. The summed E-state index contributed by atoms with van der Waals surface area (Å²) < 4.78 is 5.56. The van der Waals surface area contributed by atoms with Crippen LogP contribution in [0.15, 0.2) is 78.9 Å². The first kappa shape index (κ1) is 23.0. The van der Waals surface area contributed by atoms with Crippen LogP contribution in [0.2, 0.25) is 0 Å². The summed E-state index contributed by atoms with van der Waals surface area (Å²) in [6.45, 7) is 2.63. The lowest BCUT2D eigenvalue weighted by atomic mass is 10.1. The Morgan fingerprint density at radius 3 is 2.38 bits per heavy atom. The molecule has 3 aromatic carbocycles. The van der Waals surface area contributed by atoms with E-state index in [9.17, 15) is 14.4 Å². The third-order valence-electron chi connectivity index (χ3n) is 5.66. The van der Waals surface area contributed by atoms with Gasteiger partial charge in [0.2, 0.25) is 11.8 Å². The van der Waals surface area contributed by atoms with Gasteiger partial charge < -0.3 is 20.3 Å². The molecule has 1 atom stereocenters. The molecule has 34 heavy (non-hydrogen) atoms. The number of nitrogens with zero attached hydrogens (tertiary/aromatic N) is 1. The van der Waals surface area contributed by atoms with E-state index >= 15 is 0 Å². The number of carbonyl (C=O) groups is 3. The number of aryl methyl sites for hydroxylation is 1. The summed E-state index contributed by atoms with van der Waals surface area (Å²) in [6.07, 6.45) is 0.179. The number of benzene rings is 3. The highest BCUT2D eigenvalue weighted by Crippen LogP contribution is 2.27. The van der Waals surface area contributed by atoms with E-state index in [0.717, 1.165) is 11.1 Å². The number of hydrogen-bond acceptors (Lipinski definition) is 4.